The summed E-state index contributed by atoms with van der Waals surface area (Å²) in [6.07, 6.45) is 4.91. The number of anilines is 1. The monoisotopic (exact) mass is 323 g/mol. The molecule has 0 spiro atoms. The Morgan fingerprint density at radius 3 is 2.73 bits per heavy atom. The number of amides is 3. The molecular formula is C14H21N5O2S. The molecule has 120 valence electrons. The van der Waals surface area contributed by atoms with Crippen LogP contribution in [0.25, 0.3) is 0 Å². The molecule has 3 amide bonds. The van der Waals surface area contributed by atoms with E-state index in [2.05, 4.69) is 22.1 Å². The van der Waals surface area contributed by atoms with E-state index in [4.69, 9.17) is 5.73 Å². The van der Waals surface area contributed by atoms with Crippen LogP contribution in [-0.2, 0) is 0 Å². The number of carbonyl (C=O) groups is 2. The fourth-order valence-electron chi connectivity index (χ4n) is 3.38. The van der Waals surface area contributed by atoms with E-state index >= 15 is 0 Å². The Kier molecular flexibility index (Phi) is 4.30. The van der Waals surface area contributed by atoms with Gasteiger partial charge in [-0.25, -0.2) is 9.78 Å². The van der Waals surface area contributed by atoms with E-state index in [1.54, 1.807) is 0 Å². The van der Waals surface area contributed by atoms with Crippen LogP contribution in [0.1, 0.15) is 35.9 Å². The van der Waals surface area contributed by atoms with Gasteiger partial charge in [-0.3, -0.25) is 15.0 Å². The number of nitrogens with zero attached hydrogens (tertiary/aromatic N) is 3. The molecule has 2 aliphatic rings. The van der Waals surface area contributed by atoms with Gasteiger partial charge in [0, 0.05) is 18.6 Å². The maximum absolute atomic E-state index is 12.4. The van der Waals surface area contributed by atoms with Crippen molar-refractivity contribution in [1.29, 1.82) is 0 Å². The third-order valence-corrected chi connectivity index (χ3v) is 5.47. The topological polar surface area (TPSA) is 91.6 Å². The molecule has 7 nitrogen and oxygen atoms in total. The first-order valence-electron chi connectivity index (χ1n) is 7.63. The van der Waals surface area contributed by atoms with Crippen molar-refractivity contribution in [1.82, 2.24) is 14.8 Å². The Balaban J connectivity index is 1.61. The third-order valence-electron chi connectivity index (χ3n) is 4.55. The molecule has 0 saturated carbocycles. The normalized spacial score (nSPS) is 25.6. The van der Waals surface area contributed by atoms with Gasteiger partial charge < -0.3 is 10.6 Å². The zero-order chi connectivity index (χ0) is 15.7. The van der Waals surface area contributed by atoms with E-state index in [0.717, 1.165) is 37.4 Å². The molecule has 1 aromatic rings. The Bertz CT molecular complexity index is 569. The molecule has 22 heavy (non-hydrogen) atoms. The lowest BCUT2D eigenvalue weighted by molar-refractivity contribution is 0.100. The Morgan fingerprint density at radius 2 is 2.09 bits per heavy atom. The maximum Gasteiger partial charge on any atom is 0.323 e. The molecule has 3 rings (SSSR count). The van der Waals surface area contributed by atoms with E-state index in [1.807, 2.05) is 4.90 Å². The fourth-order valence-corrected chi connectivity index (χ4v) is 4.04. The number of carbonyl (C=O) groups excluding carboxylic acids is 2. The summed E-state index contributed by atoms with van der Waals surface area (Å²) in [5, 5.41) is 3.18. The number of aromatic nitrogens is 1. The summed E-state index contributed by atoms with van der Waals surface area (Å²) in [6, 6.07) is 0.485. The van der Waals surface area contributed by atoms with Crippen LogP contribution in [0.2, 0.25) is 0 Å². The lowest BCUT2D eigenvalue weighted by Gasteiger charge is -2.30. The number of hydrogen-bond acceptors (Lipinski definition) is 5. The second-order valence-corrected chi connectivity index (χ2v) is 6.89. The minimum Gasteiger partial charge on any atom is -0.365 e. The molecule has 2 aliphatic heterocycles. The Hall–Kier alpha value is -1.67. The maximum atomic E-state index is 12.4. The molecule has 0 radical (unpaired) electrons. The van der Waals surface area contributed by atoms with Gasteiger partial charge in [0.05, 0.1) is 6.20 Å². The van der Waals surface area contributed by atoms with Crippen LogP contribution in [0, 0.1) is 0 Å². The zero-order valence-corrected chi connectivity index (χ0v) is 13.4. The van der Waals surface area contributed by atoms with Crippen molar-refractivity contribution in [3.05, 3.63) is 11.1 Å². The fraction of sp³-hybridized carbons (Fsp3) is 0.643. The number of thiazole rings is 1. The number of rotatable bonds is 3. The SMILES string of the molecule is CC1C(N2CCCC2)CCN1C(=O)Nc1ncc(C(N)=O)s1. The van der Waals surface area contributed by atoms with E-state index < -0.39 is 5.91 Å². The van der Waals surface area contributed by atoms with E-state index in [9.17, 15) is 9.59 Å². The van der Waals surface area contributed by atoms with Crippen LogP contribution in [0.5, 0.6) is 0 Å². The number of likely N-dealkylation sites (tertiary alicyclic amines) is 2. The molecule has 8 heteroatoms. The highest BCUT2D eigenvalue weighted by atomic mass is 32.1. The van der Waals surface area contributed by atoms with Crippen molar-refractivity contribution in [2.75, 3.05) is 25.0 Å². The lowest BCUT2D eigenvalue weighted by atomic mass is 10.1. The number of hydrogen-bond donors (Lipinski definition) is 2. The number of primary amides is 1. The molecule has 3 heterocycles. The molecule has 2 atom stereocenters. The number of nitrogens with two attached hydrogens (primary N) is 1. The minimum absolute atomic E-state index is 0.153. The van der Waals surface area contributed by atoms with Crippen LogP contribution < -0.4 is 11.1 Å². The van der Waals surface area contributed by atoms with E-state index in [1.165, 1.54) is 19.0 Å². The second kappa shape index (κ2) is 6.21. The summed E-state index contributed by atoms with van der Waals surface area (Å²) in [5.41, 5.74) is 5.19. The summed E-state index contributed by atoms with van der Waals surface area (Å²) in [5.74, 6) is -0.526. The third kappa shape index (κ3) is 2.93. The number of nitrogens with one attached hydrogen (secondary N) is 1. The van der Waals surface area contributed by atoms with Crippen LogP contribution in [0.3, 0.4) is 0 Å². The summed E-state index contributed by atoms with van der Waals surface area (Å²) in [7, 11) is 0. The van der Waals surface area contributed by atoms with Crippen LogP contribution >= 0.6 is 11.3 Å². The first-order chi connectivity index (χ1) is 10.6. The van der Waals surface area contributed by atoms with Gasteiger partial charge in [-0.15, -0.1) is 0 Å². The molecule has 0 aliphatic carbocycles. The quantitative estimate of drug-likeness (QED) is 0.878. The predicted molar refractivity (Wildman–Crippen MR) is 85.0 cm³/mol. The smallest absolute Gasteiger partial charge is 0.323 e. The average molecular weight is 323 g/mol. The zero-order valence-electron chi connectivity index (χ0n) is 12.6. The van der Waals surface area contributed by atoms with Gasteiger partial charge >= 0.3 is 6.03 Å². The summed E-state index contributed by atoms with van der Waals surface area (Å²) in [6.45, 7) is 5.13. The van der Waals surface area contributed by atoms with E-state index in [0.29, 0.717) is 16.1 Å². The minimum atomic E-state index is -0.526. The van der Waals surface area contributed by atoms with Gasteiger partial charge in [-0.05, 0) is 39.3 Å². The van der Waals surface area contributed by atoms with Crippen molar-refractivity contribution >= 4 is 28.4 Å². The van der Waals surface area contributed by atoms with Gasteiger partial charge in [0.2, 0.25) is 0 Å². The molecule has 2 fully saturated rings. The van der Waals surface area contributed by atoms with Crippen molar-refractivity contribution in [2.45, 2.75) is 38.3 Å². The van der Waals surface area contributed by atoms with E-state index in [-0.39, 0.29) is 12.1 Å². The Labute approximate surface area is 133 Å². The molecule has 3 N–H and O–H groups in total. The Morgan fingerprint density at radius 1 is 1.36 bits per heavy atom. The lowest BCUT2D eigenvalue weighted by Crippen LogP contribution is -2.45. The van der Waals surface area contributed by atoms with Gasteiger partial charge in [0.15, 0.2) is 5.13 Å². The molecule has 1 aromatic heterocycles. The van der Waals surface area contributed by atoms with Crippen molar-refractivity contribution in [2.24, 2.45) is 5.73 Å². The van der Waals surface area contributed by atoms with Crippen LogP contribution in [0.15, 0.2) is 6.20 Å². The molecule has 0 aromatic carbocycles. The predicted octanol–water partition coefficient (Wildman–Crippen LogP) is 1.33. The standard InChI is InChI=1S/C14H21N5O2S/c1-9-10(18-5-2-3-6-18)4-7-19(9)14(21)17-13-16-8-11(22-13)12(15)20/h8-10H,2-7H2,1H3,(H2,15,20)(H,16,17,21). The summed E-state index contributed by atoms with van der Waals surface area (Å²) >= 11 is 1.10. The molecule has 2 saturated heterocycles. The summed E-state index contributed by atoms with van der Waals surface area (Å²) < 4.78 is 0. The van der Waals surface area contributed by atoms with Crippen LogP contribution in [0.4, 0.5) is 9.93 Å². The van der Waals surface area contributed by atoms with Gasteiger partial charge in [-0.2, -0.15) is 0 Å². The number of urea groups is 1. The average Bonchev–Trinajstić information content (AvgIpc) is 3.17. The molecule has 0 bridgehead atoms. The van der Waals surface area contributed by atoms with Gasteiger partial charge in [0.1, 0.15) is 4.88 Å². The van der Waals surface area contributed by atoms with Crippen LogP contribution in [-0.4, -0.2) is 58.4 Å². The molecule has 2 unspecified atom stereocenters. The van der Waals surface area contributed by atoms with Crippen molar-refractivity contribution in [3.8, 4) is 0 Å². The first kappa shape index (κ1) is 15.2. The van der Waals surface area contributed by atoms with Crippen molar-refractivity contribution < 1.29 is 9.59 Å². The largest absolute Gasteiger partial charge is 0.365 e. The van der Waals surface area contributed by atoms with Gasteiger partial charge in [-0.1, -0.05) is 11.3 Å². The highest BCUT2D eigenvalue weighted by Gasteiger charge is 2.38. The highest BCUT2D eigenvalue weighted by Crippen LogP contribution is 2.27. The van der Waals surface area contributed by atoms with Crippen molar-refractivity contribution in [3.63, 3.8) is 0 Å². The molecular weight excluding hydrogens is 302 g/mol. The second-order valence-electron chi connectivity index (χ2n) is 5.86. The first-order valence-corrected chi connectivity index (χ1v) is 8.45. The van der Waals surface area contributed by atoms with Gasteiger partial charge in [0.25, 0.3) is 5.91 Å². The highest BCUT2D eigenvalue weighted by molar-refractivity contribution is 7.17. The summed E-state index contributed by atoms with van der Waals surface area (Å²) in [4.78, 5) is 32.2.